The quantitative estimate of drug-likeness (QED) is 0.795. The van der Waals surface area contributed by atoms with Gasteiger partial charge in [0.2, 0.25) is 11.8 Å². The van der Waals surface area contributed by atoms with Crippen LogP contribution >= 0.6 is 0 Å². The molecule has 2 atom stereocenters. The third kappa shape index (κ3) is 4.47. The van der Waals surface area contributed by atoms with Crippen molar-refractivity contribution in [1.82, 2.24) is 24.9 Å². The number of aromatic nitrogens is 2. The van der Waals surface area contributed by atoms with Crippen LogP contribution in [0.15, 0.2) is 36.5 Å². The predicted molar refractivity (Wildman–Crippen MR) is 115 cm³/mol. The highest BCUT2D eigenvalue weighted by atomic mass is 16.2. The molecule has 0 saturated carbocycles. The first-order valence-electron chi connectivity index (χ1n) is 10.8. The number of nitrogens with zero attached hydrogens (tertiary/aromatic N) is 4. The van der Waals surface area contributed by atoms with E-state index >= 15 is 0 Å². The summed E-state index contributed by atoms with van der Waals surface area (Å²) in [4.78, 5) is 43.1. The summed E-state index contributed by atoms with van der Waals surface area (Å²) in [6.45, 7) is 2.23. The molecule has 0 spiro atoms. The number of aromatic amines is 1. The summed E-state index contributed by atoms with van der Waals surface area (Å²) in [5.74, 6) is -0.264. The van der Waals surface area contributed by atoms with E-state index in [-0.39, 0.29) is 36.0 Å². The van der Waals surface area contributed by atoms with E-state index in [9.17, 15) is 14.4 Å². The van der Waals surface area contributed by atoms with Crippen molar-refractivity contribution in [1.29, 1.82) is 0 Å². The van der Waals surface area contributed by atoms with Crippen molar-refractivity contribution < 1.29 is 14.4 Å². The number of carbonyl (C=O) groups excluding carboxylic acids is 3. The highest BCUT2D eigenvalue weighted by Gasteiger charge is 2.37. The summed E-state index contributed by atoms with van der Waals surface area (Å²) in [5, 5.41) is 7.17. The molecule has 1 aromatic carbocycles. The highest BCUT2D eigenvalue weighted by molar-refractivity contribution is 5.95. The van der Waals surface area contributed by atoms with Crippen LogP contribution in [0.4, 0.5) is 0 Å². The Hall–Kier alpha value is -3.16. The lowest BCUT2D eigenvalue weighted by atomic mass is 9.91. The zero-order valence-corrected chi connectivity index (χ0v) is 18.1. The molecule has 2 aromatic rings. The summed E-state index contributed by atoms with van der Waals surface area (Å²) in [6.07, 6.45) is 3.62. The van der Waals surface area contributed by atoms with Crippen LogP contribution in [0.3, 0.4) is 0 Å². The van der Waals surface area contributed by atoms with Crippen molar-refractivity contribution >= 4 is 17.7 Å². The van der Waals surface area contributed by atoms with E-state index in [0.29, 0.717) is 31.7 Å². The average molecular weight is 424 g/mol. The van der Waals surface area contributed by atoms with Gasteiger partial charge in [-0.05, 0) is 18.4 Å². The Morgan fingerprint density at radius 3 is 2.71 bits per heavy atom. The fourth-order valence-electron chi connectivity index (χ4n) is 4.61. The number of benzene rings is 1. The molecule has 2 saturated heterocycles. The lowest BCUT2D eigenvalue weighted by molar-refractivity contribution is -0.137. The Morgan fingerprint density at radius 1 is 1.23 bits per heavy atom. The number of piperidine rings is 1. The van der Waals surface area contributed by atoms with Gasteiger partial charge in [-0.1, -0.05) is 30.3 Å². The molecule has 1 aromatic heterocycles. The van der Waals surface area contributed by atoms with Crippen LogP contribution in [-0.2, 0) is 16.1 Å². The monoisotopic (exact) mass is 423 g/mol. The first kappa shape index (κ1) is 21.1. The van der Waals surface area contributed by atoms with Gasteiger partial charge in [0.15, 0.2) is 0 Å². The highest BCUT2D eigenvalue weighted by Crippen LogP contribution is 2.30. The largest absolute Gasteiger partial charge is 0.345 e. The van der Waals surface area contributed by atoms with Crippen molar-refractivity contribution in [2.75, 3.05) is 33.7 Å². The molecule has 2 aliphatic rings. The number of rotatable bonds is 5. The van der Waals surface area contributed by atoms with Crippen molar-refractivity contribution in [3.05, 3.63) is 53.3 Å². The number of H-pyrrole nitrogens is 1. The van der Waals surface area contributed by atoms with E-state index in [1.165, 1.54) is 0 Å². The Morgan fingerprint density at radius 2 is 2.00 bits per heavy atom. The molecule has 164 valence electrons. The van der Waals surface area contributed by atoms with Crippen LogP contribution < -0.4 is 0 Å². The molecule has 2 aliphatic heterocycles. The zero-order chi connectivity index (χ0) is 22.0. The third-order valence-electron chi connectivity index (χ3n) is 6.34. The minimum absolute atomic E-state index is 0.0230. The normalized spacial score (nSPS) is 21.4. The molecule has 8 heteroatoms. The Balaban J connectivity index is 1.44. The van der Waals surface area contributed by atoms with Crippen LogP contribution in [0, 0.1) is 5.92 Å². The first-order chi connectivity index (χ1) is 14.9. The SMILES string of the molecule is CN1CC(C(=O)N2CCCC(c3[nH]ncc3C(=O)N(C)Cc3ccccc3)C2)CC1=O. The molecule has 3 heterocycles. The van der Waals surface area contributed by atoms with Gasteiger partial charge in [0.1, 0.15) is 0 Å². The summed E-state index contributed by atoms with van der Waals surface area (Å²) in [7, 11) is 3.53. The second-order valence-corrected chi connectivity index (χ2v) is 8.64. The Bertz CT molecular complexity index is 957. The van der Waals surface area contributed by atoms with Gasteiger partial charge in [-0.25, -0.2) is 0 Å². The van der Waals surface area contributed by atoms with Gasteiger partial charge in [0.05, 0.1) is 23.4 Å². The van der Waals surface area contributed by atoms with E-state index in [0.717, 1.165) is 24.1 Å². The van der Waals surface area contributed by atoms with Crippen LogP contribution in [0.5, 0.6) is 0 Å². The first-order valence-corrected chi connectivity index (χ1v) is 10.8. The molecule has 31 heavy (non-hydrogen) atoms. The smallest absolute Gasteiger partial charge is 0.257 e. The van der Waals surface area contributed by atoms with Crippen LogP contribution in [-0.4, -0.2) is 76.3 Å². The van der Waals surface area contributed by atoms with E-state index in [2.05, 4.69) is 10.2 Å². The molecule has 3 amide bonds. The summed E-state index contributed by atoms with van der Waals surface area (Å²) in [5.41, 5.74) is 2.42. The standard InChI is InChI=1S/C23H29N5O3/c1-26-14-18(11-20(26)29)22(30)28-10-6-9-17(15-28)21-19(12-24-25-21)23(31)27(2)13-16-7-4-3-5-8-16/h3-5,7-8,12,17-18H,6,9-11,13-15H2,1-2H3,(H,24,25). The maximum absolute atomic E-state index is 13.1. The zero-order valence-electron chi connectivity index (χ0n) is 18.1. The molecular weight excluding hydrogens is 394 g/mol. The second kappa shape index (κ2) is 8.91. The van der Waals surface area contributed by atoms with E-state index in [4.69, 9.17) is 0 Å². The maximum Gasteiger partial charge on any atom is 0.257 e. The van der Waals surface area contributed by atoms with Gasteiger partial charge in [-0.2, -0.15) is 5.10 Å². The number of carbonyl (C=O) groups is 3. The van der Waals surface area contributed by atoms with Gasteiger partial charge in [-0.3, -0.25) is 19.5 Å². The molecule has 2 fully saturated rings. The van der Waals surface area contributed by atoms with Crippen molar-refractivity contribution in [2.24, 2.45) is 5.92 Å². The third-order valence-corrected chi connectivity index (χ3v) is 6.34. The van der Waals surface area contributed by atoms with Gasteiger partial charge in [-0.15, -0.1) is 0 Å². The lowest BCUT2D eigenvalue weighted by Crippen LogP contribution is -2.43. The maximum atomic E-state index is 13.1. The fraction of sp³-hybridized carbons (Fsp3) is 0.478. The average Bonchev–Trinajstić information content (AvgIpc) is 3.40. The molecule has 4 rings (SSSR count). The van der Waals surface area contributed by atoms with Crippen molar-refractivity contribution in [3.8, 4) is 0 Å². The number of amides is 3. The summed E-state index contributed by atoms with van der Waals surface area (Å²) >= 11 is 0. The number of hydrogen-bond acceptors (Lipinski definition) is 4. The number of likely N-dealkylation sites (tertiary alicyclic amines) is 2. The molecule has 1 N–H and O–H groups in total. The van der Waals surface area contributed by atoms with Gasteiger partial charge in [0.25, 0.3) is 5.91 Å². The van der Waals surface area contributed by atoms with Crippen LogP contribution in [0.25, 0.3) is 0 Å². The summed E-state index contributed by atoms with van der Waals surface area (Å²) in [6, 6.07) is 9.86. The number of hydrogen-bond donors (Lipinski definition) is 1. The molecular formula is C23H29N5O3. The number of nitrogens with one attached hydrogen (secondary N) is 1. The topological polar surface area (TPSA) is 89.6 Å². The van der Waals surface area contributed by atoms with Gasteiger partial charge in [0, 0.05) is 52.6 Å². The Labute approximate surface area is 182 Å². The lowest BCUT2D eigenvalue weighted by Gasteiger charge is -2.34. The molecule has 8 nitrogen and oxygen atoms in total. The molecule has 0 radical (unpaired) electrons. The molecule has 0 bridgehead atoms. The predicted octanol–water partition coefficient (Wildman–Crippen LogP) is 1.87. The van der Waals surface area contributed by atoms with E-state index < -0.39 is 0 Å². The van der Waals surface area contributed by atoms with Crippen LogP contribution in [0.2, 0.25) is 0 Å². The van der Waals surface area contributed by atoms with Crippen LogP contribution in [0.1, 0.15) is 46.8 Å². The molecule has 2 unspecified atom stereocenters. The minimum atomic E-state index is -0.267. The second-order valence-electron chi connectivity index (χ2n) is 8.64. The molecule has 0 aliphatic carbocycles. The van der Waals surface area contributed by atoms with Crippen molar-refractivity contribution in [2.45, 2.75) is 31.7 Å². The minimum Gasteiger partial charge on any atom is -0.345 e. The van der Waals surface area contributed by atoms with Crippen molar-refractivity contribution in [3.63, 3.8) is 0 Å². The fourth-order valence-corrected chi connectivity index (χ4v) is 4.61. The Kier molecular flexibility index (Phi) is 6.06. The van der Waals surface area contributed by atoms with Gasteiger partial charge < -0.3 is 14.7 Å². The van der Waals surface area contributed by atoms with E-state index in [1.807, 2.05) is 35.2 Å². The van der Waals surface area contributed by atoms with Gasteiger partial charge >= 0.3 is 0 Å². The van der Waals surface area contributed by atoms with E-state index in [1.54, 1.807) is 30.1 Å². The summed E-state index contributed by atoms with van der Waals surface area (Å²) < 4.78 is 0.